The number of hydrogen-bond acceptors (Lipinski definition) is 3. The highest BCUT2D eigenvalue weighted by Gasteiger charge is 2.05. The highest BCUT2D eigenvalue weighted by atomic mass is 16.1. The first-order chi connectivity index (χ1) is 9.72. The second-order valence-electron chi connectivity index (χ2n) is 4.90. The van der Waals surface area contributed by atoms with Crippen molar-refractivity contribution in [3.8, 4) is 0 Å². The molecule has 20 heavy (non-hydrogen) atoms. The van der Waals surface area contributed by atoms with Gasteiger partial charge in [0.25, 0.3) is 5.56 Å². The van der Waals surface area contributed by atoms with Crippen LogP contribution in [0.25, 0.3) is 10.8 Å². The number of aromatic nitrogens is 3. The van der Waals surface area contributed by atoms with Crippen molar-refractivity contribution in [1.82, 2.24) is 14.5 Å². The molecule has 0 fully saturated rings. The lowest BCUT2D eigenvalue weighted by molar-refractivity contribution is 0.617. The average molecular weight is 268 g/mol. The molecule has 2 N–H and O–H groups in total. The summed E-state index contributed by atoms with van der Waals surface area (Å²) in [5.74, 6) is 0.737. The zero-order valence-electron chi connectivity index (χ0n) is 11.2. The summed E-state index contributed by atoms with van der Waals surface area (Å²) in [7, 11) is 0. The average Bonchev–Trinajstić information content (AvgIpc) is 2.91. The van der Waals surface area contributed by atoms with Gasteiger partial charge in [0, 0.05) is 30.4 Å². The van der Waals surface area contributed by atoms with E-state index in [9.17, 15) is 4.79 Å². The van der Waals surface area contributed by atoms with Crippen LogP contribution in [0.4, 0.5) is 5.82 Å². The normalized spacial score (nSPS) is 12.4. The number of imidazole rings is 1. The highest BCUT2D eigenvalue weighted by Crippen LogP contribution is 2.13. The van der Waals surface area contributed by atoms with Crippen LogP contribution >= 0.6 is 0 Å². The van der Waals surface area contributed by atoms with Crippen LogP contribution in [0, 0.1) is 0 Å². The third-order valence-electron chi connectivity index (χ3n) is 3.20. The maximum Gasteiger partial charge on any atom is 0.257 e. The molecule has 0 saturated heterocycles. The third-order valence-corrected chi connectivity index (χ3v) is 3.20. The Hall–Kier alpha value is -2.56. The standard InChI is InChI=1S/C15H16N4O/c1-11(9-19-7-6-16-10-19)17-14-8-12-4-2-3-5-13(12)15(20)18-14/h2-8,10-11H,9H2,1H3,(H2,17,18,20). The van der Waals surface area contributed by atoms with Gasteiger partial charge >= 0.3 is 0 Å². The number of benzene rings is 1. The summed E-state index contributed by atoms with van der Waals surface area (Å²) in [4.78, 5) is 18.9. The van der Waals surface area contributed by atoms with E-state index in [1.807, 2.05) is 41.1 Å². The molecule has 0 bridgehead atoms. The fourth-order valence-corrected chi connectivity index (χ4v) is 2.31. The van der Waals surface area contributed by atoms with Gasteiger partial charge in [-0.15, -0.1) is 0 Å². The van der Waals surface area contributed by atoms with Crippen LogP contribution in [0.1, 0.15) is 6.92 Å². The van der Waals surface area contributed by atoms with E-state index >= 15 is 0 Å². The van der Waals surface area contributed by atoms with E-state index < -0.39 is 0 Å². The number of aromatic amines is 1. The number of rotatable bonds is 4. The van der Waals surface area contributed by atoms with E-state index in [0.29, 0.717) is 5.39 Å². The van der Waals surface area contributed by atoms with Gasteiger partial charge in [0.2, 0.25) is 0 Å². The molecule has 1 unspecified atom stereocenters. The number of pyridine rings is 1. The lowest BCUT2D eigenvalue weighted by Crippen LogP contribution is -2.23. The fourth-order valence-electron chi connectivity index (χ4n) is 2.31. The smallest absolute Gasteiger partial charge is 0.257 e. The van der Waals surface area contributed by atoms with Crippen molar-refractivity contribution in [1.29, 1.82) is 0 Å². The van der Waals surface area contributed by atoms with Gasteiger partial charge in [-0.1, -0.05) is 18.2 Å². The summed E-state index contributed by atoms with van der Waals surface area (Å²) in [6.07, 6.45) is 5.45. The number of H-pyrrole nitrogens is 1. The van der Waals surface area contributed by atoms with Crippen molar-refractivity contribution < 1.29 is 0 Å². The second kappa shape index (κ2) is 5.21. The van der Waals surface area contributed by atoms with Crippen LogP contribution in [0.15, 0.2) is 53.8 Å². The Labute approximate surface area is 116 Å². The Bertz CT molecular complexity index is 761. The molecule has 1 aromatic carbocycles. The monoisotopic (exact) mass is 268 g/mol. The molecular formula is C15H16N4O. The first kappa shape index (κ1) is 12.5. The van der Waals surface area contributed by atoms with Gasteiger partial charge < -0.3 is 14.9 Å². The number of fused-ring (bicyclic) bond motifs is 1. The number of anilines is 1. The van der Waals surface area contributed by atoms with Crippen molar-refractivity contribution in [2.24, 2.45) is 0 Å². The first-order valence-electron chi connectivity index (χ1n) is 6.57. The molecular weight excluding hydrogens is 252 g/mol. The van der Waals surface area contributed by atoms with E-state index in [1.54, 1.807) is 12.5 Å². The second-order valence-corrected chi connectivity index (χ2v) is 4.90. The zero-order valence-corrected chi connectivity index (χ0v) is 11.2. The lowest BCUT2D eigenvalue weighted by Gasteiger charge is -2.15. The van der Waals surface area contributed by atoms with E-state index in [1.165, 1.54) is 0 Å². The summed E-state index contributed by atoms with van der Waals surface area (Å²) >= 11 is 0. The van der Waals surface area contributed by atoms with Gasteiger partial charge in [-0.25, -0.2) is 4.98 Å². The molecule has 3 aromatic rings. The predicted molar refractivity (Wildman–Crippen MR) is 79.9 cm³/mol. The fraction of sp³-hybridized carbons (Fsp3) is 0.200. The molecule has 0 aliphatic heterocycles. The Morgan fingerprint density at radius 3 is 3.05 bits per heavy atom. The first-order valence-corrected chi connectivity index (χ1v) is 6.57. The largest absolute Gasteiger partial charge is 0.367 e. The van der Waals surface area contributed by atoms with Crippen LogP contribution in [-0.2, 0) is 6.54 Å². The third kappa shape index (κ3) is 2.56. The van der Waals surface area contributed by atoms with Crippen molar-refractivity contribution >= 4 is 16.6 Å². The Morgan fingerprint density at radius 2 is 2.25 bits per heavy atom. The Kier molecular flexibility index (Phi) is 3.25. The molecule has 0 radical (unpaired) electrons. The molecule has 0 amide bonds. The van der Waals surface area contributed by atoms with E-state index in [2.05, 4.69) is 22.2 Å². The number of nitrogens with zero attached hydrogens (tertiary/aromatic N) is 2. The Morgan fingerprint density at radius 1 is 1.40 bits per heavy atom. The van der Waals surface area contributed by atoms with Gasteiger partial charge in [0.1, 0.15) is 5.82 Å². The van der Waals surface area contributed by atoms with Crippen LogP contribution < -0.4 is 10.9 Å². The molecule has 5 nitrogen and oxygen atoms in total. The van der Waals surface area contributed by atoms with Gasteiger partial charge in [-0.05, 0) is 24.4 Å². The van der Waals surface area contributed by atoms with Crippen LogP contribution in [0.2, 0.25) is 0 Å². The van der Waals surface area contributed by atoms with Gasteiger partial charge in [0.05, 0.1) is 6.33 Å². The molecule has 0 spiro atoms. The SMILES string of the molecule is CC(Cn1ccnc1)Nc1cc2ccccc2c(=O)[nH]1. The van der Waals surface area contributed by atoms with Crippen LogP contribution in [0.5, 0.6) is 0 Å². The molecule has 5 heteroatoms. The molecule has 2 aromatic heterocycles. The summed E-state index contributed by atoms with van der Waals surface area (Å²) in [5.41, 5.74) is -0.0690. The molecule has 3 rings (SSSR count). The van der Waals surface area contributed by atoms with Crippen LogP contribution in [0.3, 0.4) is 0 Å². The maximum absolute atomic E-state index is 12.0. The van der Waals surface area contributed by atoms with Crippen molar-refractivity contribution in [3.05, 3.63) is 59.4 Å². The Balaban J connectivity index is 1.82. The summed E-state index contributed by atoms with van der Waals surface area (Å²) < 4.78 is 2.00. The maximum atomic E-state index is 12.0. The van der Waals surface area contributed by atoms with E-state index in [-0.39, 0.29) is 11.6 Å². The lowest BCUT2D eigenvalue weighted by atomic mass is 10.2. The molecule has 102 valence electrons. The minimum absolute atomic E-state index is 0.0690. The van der Waals surface area contributed by atoms with Gasteiger partial charge in [-0.3, -0.25) is 4.79 Å². The topological polar surface area (TPSA) is 62.7 Å². The highest BCUT2D eigenvalue weighted by molar-refractivity contribution is 5.83. The minimum atomic E-state index is -0.0690. The van der Waals surface area contributed by atoms with Crippen molar-refractivity contribution in [2.75, 3.05) is 5.32 Å². The van der Waals surface area contributed by atoms with Gasteiger partial charge in [-0.2, -0.15) is 0 Å². The van der Waals surface area contributed by atoms with E-state index in [4.69, 9.17) is 0 Å². The summed E-state index contributed by atoms with van der Waals surface area (Å²) in [5, 5.41) is 4.96. The van der Waals surface area contributed by atoms with Gasteiger partial charge in [0.15, 0.2) is 0 Å². The molecule has 0 aliphatic rings. The summed E-state index contributed by atoms with van der Waals surface area (Å²) in [6.45, 7) is 2.85. The molecule has 0 saturated carbocycles. The van der Waals surface area contributed by atoms with E-state index in [0.717, 1.165) is 17.7 Å². The zero-order chi connectivity index (χ0) is 13.9. The quantitative estimate of drug-likeness (QED) is 0.762. The summed E-state index contributed by atoms with van der Waals surface area (Å²) in [6, 6.07) is 9.71. The minimum Gasteiger partial charge on any atom is -0.367 e. The molecule has 0 aliphatic carbocycles. The van der Waals surface area contributed by atoms with Crippen LogP contribution in [-0.4, -0.2) is 20.6 Å². The van der Waals surface area contributed by atoms with Crippen molar-refractivity contribution in [3.63, 3.8) is 0 Å². The predicted octanol–water partition coefficient (Wildman–Crippen LogP) is 2.23. The number of nitrogens with one attached hydrogen (secondary N) is 2. The molecule has 2 heterocycles. The van der Waals surface area contributed by atoms with Crippen molar-refractivity contribution in [2.45, 2.75) is 19.5 Å². The molecule has 1 atom stereocenters. The number of hydrogen-bond donors (Lipinski definition) is 2.